The highest BCUT2D eigenvalue weighted by Gasteiger charge is 2.01. The molecular formula is C3H11NO7S. The van der Waals surface area contributed by atoms with Gasteiger partial charge in [-0.2, -0.15) is 8.42 Å². The molecule has 8 nitrogen and oxygen atoms in total. The normalized spacial score (nSPS) is 11.7. The Hall–Kier alpha value is -0.740. The standard InChI is InChI=1S/C3H6O3.H3N.H2O4S/c1-2(4)3(5)6;;1-5(2,3)4/h2,4H,1H3,(H,5,6);1H3;(H2,1,2,3,4). The summed E-state index contributed by atoms with van der Waals surface area (Å²) in [5.74, 6) is -1.19. The molecule has 0 saturated carbocycles. The van der Waals surface area contributed by atoms with Crippen LogP contribution in [-0.4, -0.2) is 39.8 Å². The van der Waals surface area contributed by atoms with E-state index in [0.29, 0.717) is 0 Å². The first kappa shape index (κ1) is 17.4. The van der Waals surface area contributed by atoms with E-state index in [1.807, 2.05) is 0 Å². The lowest BCUT2D eigenvalue weighted by Crippen LogP contribution is -2.13. The number of aliphatic hydroxyl groups is 1. The van der Waals surface area contributed by atoms with E-state index in [2.05, 4.69) is 0 Å². The fraction of sp³-hybridized carbons (Fsp3) is 0.667. The number of hydrogen-bond donors (Lipinski definition) is 5. The van der Waals surface area contributed by atoms with Gasteiger partial charge in [0.15, 0.2) is 0 Å². The Labute approximate surface area is 69.0 Å². The van der Waals surface area contributed by atoms with E-state index in [9.17, 15) is 4.79 Å². The first-order valence-corrected chi connectivity index (χ1v) is 3.65. The van der Waals surface area contributed by atoms with E-state index >= 15 is 0 Å². The van der Waals surface area contributed by atoms with Crippen LogP contribution in [0, 0.1) is 0 Å². The van der Waals surface area contributed by atoms with E-state index in [1.54, 1.807) is 0 Å². The second kappa shape index (κ2) is 6.94. The topological polar surface area (TPSA) is 167 Å². The summed E-state index contributed by atoms with van der Waals surface area (Å²) in [6, 6.07) is 0. The summed E-state index contributed by atoms with van der Waals surface area (Å²) in [4.78, 5) is 9.45. The highest BCUT2D eigenvalue weighted by atomic mass is 32.3. The highest BCUT2D eigenvalue weighted by Crippen LogP contribution is 1.73. The van der Waals surface area contributed by atoms with Crippen molar-refractivity contribution in [1.29, 1.82) is 0 Å². The second-order valence-electron chi connectivity index (χ2n) is 1.46. The summed E-state index contributed by atoms with van der Waals surface area (Å²) in [5, 5.41) is 15.8. The molecule has 76 valence electrons. The lowest BCUT2D eigenvalue weighted by Gasteiger charge is -1.89. The Morgan fingerprint density at radius 3 is 1.42 bits per heavy atom. The van der Waals surface area contributed by atoms with E-state index in [-0.39, 0.29) is 6.15 Å². The van der Waals surface area contributed by atoms with Gasteiger partial charge in [-0.3, -0.25) is 9.11 Å². The van der Waals surface area contributed by atoms with Crippen LogP contribution < -0.4 is 6.15 Å². The second-order valence-corrected chi connectivity index (χ2v) is 2.36. The van der Waals surface area contributed by atoms with Gasteiger partial charge in [-0.25, -0.2) is 4.79 Å². The van der Waals surface area contributed by atoms with Gasteiger partial charge in [0.25, 0.3) is 0 Å². The van der Waals surface area contributed by atoms with Gasteiger partial charge in [0.2, 0.25) is 0 Å². The third-order valence-corrected chi connectivity index (χ3v) is 0.357. The number of carboxylic acid groups (broad SMARTS) is 1. The molecule has 0 saturated heterocycles. The summed E-state index contributed by atoms with van der Waals surface area (Å²) in [5.41, 5.74) is 0. The van der Waals surface area contributed by atoms with Crippen LogP contribution >= 0.6 is 0 Å². The monoisotopic (exact) mass is 205 g/mol. The third kappa shape index (κ3) is 59.4. The van der Waals surface area contributed by atoms with E-state index in [4.69, 9.17) is 27.7 Å². The summed E-state index contributed by atoms with van der Waals surface area (Å²) in [7, 11) is -4.67. The first-order chi connectivity index (χ1) is 4.64. The van der Waals surface area contributed by atoms with Gasteiger partial charge in [-0.15, -0.1) is 0 Å². The molecular weight excluding hydrogens is 194 g/mol. The largest absolute Gasteiger partial charge is 0.479 e. The van der Waals surface area contributed by atoms with Gasteiger partial charge in [0, 0.05) is 0 Å². The molecule has 0 aromatic heterocycles. The Morgan fingerprint density at radius 2 is 1.42 bits per heavy atom. The Balaban J connectivity index is -0.000000126. The molecule has 12 heavy (non-hydrogen) atoms. The van der Waals surface area contributed by atoms with Gasteiger partial charge >= 0.3 is 16.4 Å². The van der Waals surface area contributed by atoms with Crippen LogP contribution in [0.4, 0.5) is 0 Å². The zero-order chi connectivity index (χ0) is 9.65. The van der Waals surface area contributed by atoms with Crippen LogP contribution in [0.3, 0.4) is 0 Å². The maximum atomic E-state index is 9.45. The number of aliphatic carboxylic acids is 1. The minimum Gasteiger partial charge on any atom is -0.479 e. The Kier molecular flexibility index (Phi) is 10.0. The molecule has 0 fully saturated rings. The number of hydrogen-bond acceptors (Lipinski definition) is 5. The molecule has 1 unspecified atom stereocenters. The van der Waals surface area contributed by atoms with Crippen LogP contribution in [0.2, 0.25) is 0 Å². The molecule has 0 aliphatic heterocycles. The molecule has 0 bridgehead atoms. The smallest absolute Gasteiger partial charge is 0.394 e. The SMILES string of the molecule is CC(O)C(=O)O.N.O=S(=O)(O)O. The minimum absolute atomic E-state index is 0. The van der Waals surface area contributed by atoms with Crippen molar-refractivity contribution in [1.82, 2.24) is 6.15 Å². The molecule has 0 rings (SSSR count). The summed E-state index contributed by atoms with van der Waals surface area (Å²) >= 11 is 0. The van der Waals surface area contributed by atoms with Gasteiger partial charge in [0.05, 0.1) is 0 Å². The maximum absolute atomic E-state index is 9.45. The van der Waals surface area contributed by atoms with Crippen molar-refractivity contribution in [2.75, 3.05) is 0 Å². The van der Waals surface area contributed by atoms with Gasteiger partial charge in [-0.1, -0.05) is 0 Å². The van der Waals surface area contributed by atoms with Crippen molar-refractivity contribution < 1.29 is 32.5 Å². The predicted molar refractivity (Wildman–Crippen MR) is 38.5 cm³/mol. The van der Waals surface area contributed by atoms with Crippen molar-refractivity contribution in [3.63, 3.8) is 0 Å². The molecule has 0 aliphatic rings. The van der Waals surface area contributed by atoms with Gasteiger partial charge in [0.1, 0.15) is 6.10 Å². The van der Waals surface area contributed by atoms with Crippen LogP contribution in [0.15, 0.2) is 0 Å². The van der Waals surface area contributed by atoms with Crippen molar-refractivity contribution in [2.24, 2.45) is 0 Å². The lowest BCUT2D eigenvalue weighted by molar-refractivity contribution is -0.145. The van der Waals surface area contributed by atoms with E-state index in [0.717, 1.165) is 0 Å². The highest BCUT2D eigenvalue weighted by molar-refractivity contribution is 7.79. The molecule has 0 aromatic rings. The van der Waals surface area contributed by atoms with Crippen molar-refractivity contribution >= 4 is 16.4 Å². The van der Waals surface area contributed by atoms with Crippen LogP contribution in [0.5, 0.6) is 0 Å². The zero-order valence-corrected chi connectivity index (χ0v) is 7.02. The average Bonchev–Trinajstić information content (AvgIpc) is 1.59. The number of carboxylic acids is 1. The van der Waals surface area contributed by atoms with Crippen LogP contribution in [-0.2, 0) is 15.2 Å². The van der Waals surface area contributed by atoms with Crippen LogP contribution in [0.1, 0.15) is 6.92 Å². The fourth-order valence-electron chi connectivity index (χ4n) is 0. The number of rotatable bonds is 1. The van der Waals surface area contributed by atoms with Crippen molar-refractivity contribution in [3.8, 4) is 0 Å². The maximum Gasteiger partial charge on any atom is 0.394 e. The van der Waals surface area contributed by atoms with Crippen LogP contribution in [0.25, 0.3) is 0 Å². The van der Waals surface area contributed by atoms with E-state index in [1.165, 1.54) is 6.92 Å². The average molecular weight is 205 g/mol. The summed E-state index contributed by atoms with van der Waals surface area (Å²) < 4.78 is 31.6. The molecule has 1 atom stereocenters. The lowest BCUT2D eigenvalue weighted by atomic mass is 10.4. The Morgan fingerprint density at radius 1 is 1.33 bits per heavy atom. The number of aliphatic hydroxyl groups excluding tert-OH is 1. The summed E-state index contributed by atoms with van der Waals surface area (Å²) in [6.45, 7) is 1.20. The minimum atomic E-state index is -4.67. The molecule has 7 N–H and O–H groups in total. The molecule has 0 amide bonds. The quantitative estimate of drug-likeness (QED) is 0.338. The molecule has 0 radical (unpaired) electrons. The predicted octanol–water partition coefficient (Wildman–Crippen LogP) is -1.04. The molecule has 0 heterocycles. The zero-order valence-electron chi connectivity index (χ0n) is 6.21. The first-order valence-electron chi connectivity index (χ1n) is 2.25. The van der Waals surface area contributed by atoms with E-state index < -0.39 is 22.5 Å². The summed E-state index contributed by atoms with van der Waals surface area (Å²) in [6.07, 6.45) is -1.23. The molecule has 9 heteroatoms. The fourth-order valence-corrected chi connectivity index (χ4v) is 0. The third-order valence-electron chi connectivity index (χ3n) is 0.357. The van der Waals surface area contributed by atoms with Crippen molar-refractivity contribution in [2.45, 2.75) is 13.0 Å². The molecule has 0 spiro atoms. The Bertz CT molecular complexity index is 199. The van der Waals surface area contributed by atoms with Gasteiger partial charge < -0.3 is 16.4 Å². The van der Waals surface area contributed by atoms with Gasteiger partial charge in [-0.05, 0) is 6.92 Å². The van der Waals surface area contributed by atoms with Crippen molar-refractivity contribution in [3.05, 3.63) is 0 Å². The number of carbonyl (C=O) groups is 1. The molecule has 0 aromatic carbocycles. The molecule has 0 aliphatic carbocycles.